The van der Waals surface area contributed by atoms with E-state index in [1.165, 1.54) is 31.4 Å². The van der Waals surface area contributed by atoms with Crippen molar-refractivity contribution in [3.8, 4) is 0 Å². The van der Waals surface area contributed by atoms with Gasteiger partial charge in [-0.1, -0.05) is 13.3 Å². The van der Waals surface area contributed by atoms with E-state index in [1.807, 2.05) is 11.7 Å². The monoisotopic (exact) mass is 274 g/mol. The van der Waals surface area contributed by atoms with Crippen LogP contribution in [0.25, 0.3) is 0 Å². The molecule has 1 aromatic heterocycles. The number of hydrogen-bond acceptors (Lipinski definition) is 2. The molecule has 0 spiro atoms. The highest BCUT2D eigenvalue weighted by Gasteiger charge is 2.60. The third-order valence-corrected chi connectivity index (χ3v) is 6.49. The number of rotatable bonds is 3. The Morgan fingerprint density at radius 2 is 2.20 bits per heavy atom. The van der Waals surface area contributed by atoms with Crippen LogP contribution in [0.5, 0.6) is 0 Å². The molecule has 20 heavy (non-hydrogen) atoms. The predicted molar refractivity (Wildman–Crippen MR) is 78.3 cm³/mol. The number of hydrogen-bond donors (Lipinski definition) is 1. The van der Waals surface area contributed by atoms with Crippen LogP contribution in [0.4, 0.5) is 0 Å². The molecule has 3 aliphatic carbocycles. The van der Waals surface area contributed by atoms with Gasteiger partial charge in [0.25, 0.3) is 0 Å². The fraction of sp³-hybridized carbons (Fsp3) is 0.824. The van der Waals surface area contributed by atoms with E-state index in [4.69, 9.17) is 0 Å². The molecule has 0 radical (unpaired) electrons. The zero-order valence-corrected chi connectivity index (χ0v) is 12.7. The van der Waals surface area contributed by atoms with Crippen molar-refractivity contribution in [2.75, 3.05) is 0 Å². The lowest BCUT2D eigenvalue weighted by Gasteiger charge is -2.39. The quantitative estimate of drug-likeness (QED) is 0.920. The molecule has 1 N–H and O–H groups in total. The first kappa shape index (κ1) is 12.9. The first-order valence-corrected chi connectivity index (χ1v) is 8.35. The van der Waals surface area contributed by atoms with Crippen molar-refractivity contribution < 1.29 is 5.11 Å². The molecule has 5 unspecified atom stereocenters. The Kier molecular flexibility index (Phi) is 2.79. The van der Waals surface area contributed by atoms with E-state index < -0.39 is 5.60 Å². The minimum atomic E-state index is -0.449. The summed E-state index contributed by atoms with van der Waals surface area (Å²) in [5, 5.41) is 15.8. The van der Waals surface area contributed by atoms with Gasteiger partial charge in [-0.15, -0.1) is 0 Å². The van der Waals surface area contributed by atoms with Gasteiger partial charge in [0.15, 0.2) is 0 Å². The molecular formula is C17H26N2O. The topological polar surface area (TPSA) is 38.0 Å². The van der Waals surface area contributed by atoms with Crippen molar-refractivity contribution in [3.63, 3.8) is 0 Å². The molecule has 5 atom stereocenters. The van der Waals surface area contributed by atoms with Gasteiger partial charge in [0, 0.05) is 19.2 Å². The number of fused-ring (bicyclic) bond motifs is 5. The van der Waals surface area contributed by atoms with E-state index in [1.54, 1.807) is 0 Å². The lowest BCUT2D eigenvalue weighted by Crippen LogP contribution is -2.43. The second-order valence-electron chi connectivity index (χ2n) is 7.45. The van der Waals surface area contributed by atoms with Gasteiger partial charge in [-0.3, -0.25) is 4.68 Å². The molecule has 3 fully saturated rings. The summed E-state index contributed by atoms with van der Waals surface area (Å²) in [5.74, 6) is 3.12. The summed E-state index contributed by atoms with van der Waals surface area (Å²) in [6, 6.07) is 2.19. The molecule has 3 aliphatic rings. The molecule has 3 nitrogen and oxygen atoms in total. The molecule has 0 saturated heterocycles. The lowest BCUT2D eigenvalue weighted by atomic mass is 9.71. The largest absolute Gasteiger partial charge is 0.389 e. The normalized spacial score (nSPS) is 42.4. The minimum absolute atomic E-state index is 0.449. The van der Waals surface area contributed by atoms with Gasteiger partial charge in [0.2, 0.25) is 0 Å². The second-order valence-corrected chi connectivity index (χ2v) is 7.45. The van der Waals surface area contributed by atoms with Gasteiger partial charge in [-0.25, -0.2) is 0 Å². The summed E-state index contributed by atoms with van der Waals surface area (Å²) in [7, 11) is 2.02. The van der Waals surface area contributed by atoms with E-state index in [0.29, 0.717) is 5.92 Å². The van der Waals surface area contributed by atoms with Crippen LogP contribution in [0.3, 0.4) is 0 Å². The standard InChI is InChI=1S/C17H26N2O/c1-3-12-8-13(19(2)18-12)10-17(20)9-11-7-16(17)15-6-4-5-14(11)15/h8,11,14-16,20H,3-7,9-10H2,1-2H3. The van der Waals surface area contributed by atoms with E-state index in [-0.39, 0.29) is 0 Å². The first-order valence-electron chi connectivity index (χ1n) is 8.35. The van der Waals surface area contributed by atoms with Crippen LogP contribution in [0.2, 0.25) is 0 Å². The molecule has 0 aromatic carbocycles. The average Bonchev–Trinajstić information content (AvgIpc) is 3.11. The fourth-order valence-corrected chi connectivity index (χ4v) is 5.66. The second kappa shape index (κ2) is 4.33. The Hall–Kier alpha value is -0.830. The highest BCUT2D eigenvalue weighted by atomic mass is 16.3. The summed E-state index contributed by atoms with van der Waals surface area (Å²) in [6.07, 6.45) is 8.27. The maximum atomic E-state index is 11.2. The van der Waals surface area contributed by atoms with Gasteiger partial charge < -0.3 is 5.11 Å². The first-order chi connectivity index (χ1) is 9.60. The van der Waals surface area contributed by atoms with Crippen LogP contribution in [0, 0.1) is 23.7 Å². The van der Waals surface area contributed by atoms with E-state index >= 15 is 0 Å². The number of nitrogens with zero attached hydrogens (tertiary/aromatic N) is 2. The molecule has 0 amide bonds. The van der Waals surface area contributed by atoms with Crippen LogP contribution in [0.15, 0.2) is 6.07 Å². The van der Waals surface area contributed by atoms with Crippen LogP contribution in [-0.4, -0.2) is 20.5 Å². The van der Waals surface area contributed by atoms with Crippen LogP contribution >= 0.6 is 0 Å². The number of aryl methyl sites for hydroxylation is 2. The Morgan fingerprint density at radius 3 is 2.95 bits per heavy atom. The van der Waals surface area contributed by atoms with Crippen molar-refractivity contribution >= 4 is 0 Å². The highest BCUT2D eigenvalue weighted by Crippen LogP contribution is 2.62. The molecule has 4 rings (SSSR count). The van der Waals surface area contributed by atoms with Crippen molar-refractivity contribution in [2.24, 2.45) is 30.7 Å². The van der Waals surface area contributed by atoms with Gasteiger partial charge in [0.05, 0.1) is 11.3 Å². The average molecular weight is 274 g/mol. The SMILES string of the molecule is CCc1cc(CC2(O)CC3CC2C2CCCC32)n(C)n1. The zero-order chi connectivity index (χ0) is 13.9. The van der Waals surface area contributed by atoms with Crippen LogP contribution in [0.1, 0.15) is 50.4 Å². The molecule has 2 bridgehead atoms. The third-order valence-electron chi connectivity index (χ3n) is 6.49. The Labute approximate surface area is 121 Å². The van der Waals surface area contributed by atoms with Crippen molar-refractivity contribution in [1.29, 1.82) is 0 Å². The van der Waals surface area contributed by atoms with Gasteiger partial charge >= 0.3 is 0 Å². The maximum absolute atomic E-state index is 11.2. The van der Waals surface area contributed by atoms with Crippen molar-refractivity contribution in [2.45, 2.75) is 57.5 Å². The molecule has 110 valence electrons. The number of aliphatic hydroxyl groups is 1. The van der Waals surface area contributed by atoms with Gasteiger partial charge in [-0.2, -0.15) is 5.10 Å². The van der Waals surface area contributed by atoms with E-state index in [2.05, 4.69) is 18.1 Å². The summed E-state index contributed by atoms with van der Waals surface area (Å²) >= 11 is 0. The predicted octanol–water partition coefficient (Wildman–Crippen LogP) is 2.71. The van der Waals surface area contributed by atoms with Gasteiger partial charge in [-0.05, 0) is 61.8 Å². The molecule has 3 saturated carbocycles. The van der Waals surface area contributed by atoms with Crippen molar-refractivity contribution in [1.82, 2.24) is 9.78 Å². The Bertz CT molecular complexity index is 523. The zero-order valence-electron chi connectivity index (χ0n) is 12.7. The van der Waals surface area contributed by atoms with Gasteiger partial charge in [0.1, 0.15) is 0 Å². The summed E-state index contributed by atoms with van der Waals surface area (Å²) in [5.41, 5.74) is 1.91. The Balaban J connectivity index is 1.58. The molecular weight excluding hydrogens is 248 g/mol. The smallest absolute Gasteiger partial charge is 0.0736 e. The summed E-state index contributed by atoms with van der Waals surface area (Å²) < 4.78 is 1.98. The van der Waals surface area contributed by atoms with E-state index in [0.717, 1.165) is 42.7 Å². The highest BCUT2D eigenvalue weighted by molar-refractivity contribution is 5.18. The summed E-state index contributed by atoms with van der Waals surface area (Å²) in [6.45, 7) is 2.14. The number of aromatic nitrogens is 2. The molecule has 1 aromatic rings. The Morgan fingerprint density at radius 1 is 1.40 bits per heavy atom. The van der Waals surface area contributed by atoms with Crippen molar-refractivity contribution in [3.05, 3.63) is 17.5 Å². The summed E-state index contributed by atoms with van der Waals surface area (Å²) in [4.78, 5) is 0. The minimum Gasteiger partial charge on any atom is -0.389 e. The molecule has 0 aliphatic heterocycles. The maximum Gasteiger partial charge on any atom is 0.0736 e. The van der Waals surface area contributed by atoms with Crippen LogP contribution in [-0.2, 0) is 19.9 Å². The lowest BCUT2D eigenvalue weighted by molar-refractivity contribution is -0.0462. The fourth-order valence-electron chi connectivity index (χ4n) is 5.66. The molecule has 1 heterocycles. The third kappa shape index (κ3) is 1.71. The molecule has 3 heteroatoms. The van der Waals surface area contributed by atoms with Crippen LogP contribution < -0.4 is 0 Å². The van der Waals surface area contributed by atoms with E-state index in [9.17, 15) is 5.11 Å².